The monoisotopic (exact) mass is 229 g/mol. The van der Waals surface area contributed by atoms with Crippen LogP contribution in [0.3, 0.4) is 0 Å². The van der Waals surface area contributed by atoms with E-state index in [9.17, 15) is 4.79 Å². The molecule has 0 radical (unpaired) electrons. The summed E-state index contributed by atoms with van der Waals surface area (Å²) >= 11 is 1.88. The van der Waals surface area contributed by atoms with Gasteiger partial charge in [-0.25, -0.2) is 0 Å². The molecule has 1 saturated carbocycles. The molecule has 4 heteroatoms. The van der Waals surface area contributed by atoms with Gasteiger partial charge in [0, 0.05) is 11.3 Å². The smallest absolute Gasteiger partial charge is 0.327 e. The SMILES string of the molecule is COC(=O)C1(NC2CC2)CCCSC1C. The minimum Gasteiger partial charge on any atom is -0.468 e. The van der Waals surface area contributed by atoms with Gasteiger partial charge in [-0.1, -0.05) is 6.92 Å². The van der Waals surface area contributed by atoms with Crippen LogP contribution in [0.1, 0.15) is 32.6 Å². The van der Waals surface area contributed by atoms with Crippen LogP contribution in [0.25, 0.3) is 0 Å². The Bertz CT molecular complexity index is 255. The summed E-state index contributed by atoms with van der Waals surface area (Å²) in [5, 5.41) is 3.83. The van der Waals surface area contributed by atoms with Crippen LogP contribution in [0, 0.1) is 0 Å². The van der Waals surface area contributed by atoms with Gasteiger partial charge in [-0.05, 0) is 31.4 Å². The molecule has 0 bridgehead atoms. The Morgan fingerprint density at radius 1 is 1.53 bits per heavy atom. The molecular formula is C11H19NO2S. The van der Waals surface area contributed by atoms with E-state index >= 15 is 0 Å². The highest BCUT2D eigenvalue weighted by Gasteiger charge is 2.49. The third-order valence-electron chi connectivity index (χ3n) is 3.37. The standard InChI is InChI=1S/C11H19NO2S/c1-8-11(10(13)14-2,6-3-7-15-8)12-9-4-5-9/h8-9,12H,3-7H2,1-2H3. The van der Waals surface area contributed by atoms with Crippen LogP contribution in [-0.2, 0) is 9.53 Å². The molecule has 0 aromatic carbocycles. The number of carbonyl (C=O) groups is 1. The number of hydrogen-bond donors (Lipinski definition) is 1. The maximum atomic E-state index is 12.0. The van der Waals surface area contributed by atoms with Crippen LogP contribution in [0.5, 0.6) is 0 Å². The molecule has 1 saturated heterocycles. The van der Waals surface area contributed by atoms with Crippen molar-refractivity contribution in [3.63, 3.8) is 0 Å². The Balaban J connectivity index is 2.14. The van der Waals surface area contributed by atoms with Gasteiger partial charge in [0.2, 0.25) is 0 Å². The summed E-state index contributed by atoms with van der Waals surface area (Å²) in [5.74, 6) is 1.08. The molecule has 2 fully saturated rings. The zero-order valence-corrected chi connectivity index (χ0v) is 10.2. The van der Waals surface area contributed by atoms with Gasteiger partial charge >= 0.3 is 5.97 Å². The molecule has 2 aliphatic rings. The molecule has 1 heterocycles. The van der Waals surface area contributed by atoms with Crippen molar-refractivity contribution in [2.24, 2.45) is 0 Å². The molecule has 0 aromatic rings. The van der Waals surface area contributed by atoms with E-state index in [1.54, 1.807) is 0 Å². The maximum absolute atomic E-state index is 12.0. The van der Waals surface area contributed by atoms with Gasteiger partial charge in [0.1, 0.15) is 5.54 Å². The fraction of sp³-hybridized carbons (Fsp3) is 0.909. The molecule has 0 amide bonds. The molecule has 2 atom stereocenters. The lowest BCUT2D eigenvalue weighted by Crippen LogP contribution is -2.61. The predicted octanol–water partition coefficient (Wildman–Crippen LogP) is 1.57. The van der Waals surface area contributed by atoms with Crippen LogP contribution < -0.4 is 5.32 Å². The summed E-state index contributed by atoms with van der Waals surface area (Å²) in [6.07, 6.45) is 4.43. The van der Waals surface area contributed by atoms with Gasteiger partial charge in [-0.3, -0.25) is 10.1 Å². The first-order valence-corrected chi connectivity index (χ1v) is 6.71. The van der Waals surface area contributed by atoms with E-state index in [0.29, 0.717) is 11.3 Å². The Kier molecular flexibility index (Phi) is 3.26. The van der Waals surface area contributed by atoms with E-state index < -0.39 is 5.54 Å². The molecule has 0 aromatic heterocycles. The highest BCUT2D eigenvalue weighted by molar-refractivity contribution is 8.00. The van der Waals surface area contributed by atoms with Crippen LogP contribution in [0.4, 0.5) is 0 Å². The van der Waals surface area contributed by atoms with Gasteiger partial charge in [-0.15, -0.1) is 0 Å². The third kappa shape index (κ3) is 2.16. The van der Waals surface area contributed by atoms with E-state index in [0.717, 1.165) is 18.6 Å². The Labute approximate surface area is 95.3 Å². The quantitative estimate of drug-likeness (QED) is 0.746. The van der Waals surface area contributed by atoms with Gasteiger partial charge in [0.25, 0.3) is 0 Å². The van der Waals surface area contributed by atoms with Crippen molar-refractivity contribution < 1.29 is 9.53 Å². The number of hydrogen-bond acceptors (Lipinski definition) is 4. The summed E-state index contributed by atoms with van der Waals surface area (Å²) < 4.78 is 4.98. The first-order valence-electron chi connectivity index (χ1n) is 5.67. The Hall–Kier alpha value is -0.220. The zero-order chi connectivity index (χ0) is 10.9. The Morgan fingerprint density at radius 2 is 2.27 bits per heavy atom. The zero-order valence-electron chi connectivity index (χ0n) is 9.41. The topological polar surface area (TPSA) is 38.3 Å². The van der Waals surface area contributed by atoms with Gasteiger partial charge in [0.05, 0.1) is 7.11 Å². The first kappa shape index (κ1) is 11.3. The molecular weight excluding hydrogens is 210 g/mol. The van der Waals surface area contributed by atoms with Gasteiger partial charge < -0.3 is 4.74 Å². The molecule has 2 unspecified atom stereocenters. The number of nitrogens with one attached hydrogen (secondary N) is 1. The highest BCUT2D eigenvalue weighted by atomic mass is 32.2. The average molecular weight is 229 g/mol. The van der Waals surface area contributed by atoms with E-state index in [1.807, 2.05) is 11.8 Å². The van der Waals surface area contributed by atoms with Crippen molar-refractivity contribution in [3.8, 4) is 0 Å². The van der Waals surface area contributed by atoms with E-state index in [1.165, 1.54) is 20.0 Å². The van der Waals surface area contributed by atoms with Gasteiger partial charge in [0.15, 0.2) is 0 Å². The summed E-state index contributed by atoms with van der Waals surface area (Å²) in [6, 6.07) is 0.547. The average Bonchev–Trinajstić information content (AvgIpc) is 3.04. The molecule has 1 aliphatic carbocycles. The van der Waals surface area contributed by atoms with Crippen molar-refractivity contribution in [3.05, 3.63) is 0 Å². The molecule has 86 valence electrons. The van der Waals surface area contributed by atoms with Crippen LogP contribution in [-0.4, -0.2) is 35.7 Å². The van der Waals surface area contributed by atoms with E-state index in [4.69, 9.17) is 4.74 Å². The summed E-state index contributed by atoms with van der Waals surface area (Å²) in [6.45, 7) is 2.14. The number of rotatable bonds is 3. The summed E-state index contributed by atoms with van der Waals surface area (Å²) in [7, 11) is 1.49. The second-order valence-electron chi connectivity index (χ2n) is 4.50. The van der Waals surface area contributed by atoms with Crippen molar-refractivity contribution >= 4 is 17.7 Å². The van der Waals surface area contributed by atoms with Crippen LogP contribution in [0.15, 0.2) is 0 Å². The lowest BCUT2D eigenvalue weighted by molar-refractivity contribution is -0.149. The van der Waals surface area contributed by atoms with Crippen molar-refractivity contribution in [1.29, 1.82) is 0 Å². The lowest BCUT2D eigenvalue weighted by atomic mass is 9.89. The number of esters is 1. The fourth-order valence-corrected chi connectivity index (χ4v) is 3.48. The van der Waals surface area contributed by atoms with Crippen molar-refractivity contribution in [2.75, 3.05) is 12.9 Å². The molecule has 15 heavy (non-hydrogen) atoms. The summed E-state index contributed by atoms with van der Waals surface area (Å²) in [4.78, 5) is 12.0. The minimum absolute atomic E-state index is 0.0749. The van der Waals surface area contributed by atoms with Crippen molar-refractivity contribution in [1.82, 2.24) is 5.32 Å². The van der Waals surface area contributed by atoms with Gasteiger partial charge in [-0.2, -0.15) is 11.8 Å². The molecule has 0 spiro atoms. The second-order valence-corrected chi connectivity index (χ2v) is 5.95. The van der Waals surface area contributed by atoms with Crippen molar-refractivity contribution in [2.45, 2.75) is 49.4 Å². The normalized spacial score (nSPS) is 36.3. The largest absolute Gasteiger partial charge is 0.468 e. The molecule has 1 aliphatic heterocycles. The predicted molar refractivity (Wildman–Crippen MR) is 62.1 cm³/mol. The number of carbonyl (C=O) groups excluding carboxylic acids is 1. The van der Waals surface area contributed by atoms with E-state index in [2.05, 4.69) is 12.2 Å². The summed E-state index contributed by atoms with van der Waals surface area (Å²) in [5.41, 5.74) is -0.418. The van der Waals surface area contributed by atoms with Crippen LogP contribution in [0.2, 0.25) is 0 Å². The Morgan fingerprint density at radius 3 is 2.80 bits per heavy atom. The molecule has 2 rings (SSSR count). The highest BCUT2D eigenvalue weighted by Crippen LogP contribution is 2.37. The van der Waals surface area contributed by atoms with Crippen LogP contribution >= 0.6 is 11.8 Å². The first-order chi connectivity index (χ1) is 7.19. The maximum Gasteiger partial charge on any atom is 0.327 e. The third-order valence-corrected chi connectivity index (χ3v) is 4.79. The molecule has 3 nitrogen and oxygen atoms in total. The number of methoxy groups -OCH3 is 1. The fourth-order valence-electron chi connectivity index (χ4n) is 2.25. The lowest BCUT2D eigenvalue weighted by Gasteiger charge is -2.40. The number of thioether (sulfide) groups is 1. The van der Waals surface area contributed by atoms with E-state index in [-0.39, 0.29) is 5.97 Å². The molecule has 1 N–H and O–H groups in total. The minimum atomic E-state index is -0.418. The second kappa shape index (κ2) is 4.34. The number of ether oxygens (including phenoxy) is 1.